The van der Waals surface area contributed by atoms with E-state index in [1.807, 2.05) is 0 Å². The highest BCUT2D eigenvalue weighted by atomic mass is 35.5. The van der Waals surface area contributed by atoms with Crippen LogP contribution < -0.4 is 15.4 Å². The number of thiazole rings is 1. The number of nitrogens with zero attached hydrogens (tertiary/aromatic N) is 2. The number of benzene rings is 3. The molecule has 0 saturated carbocycles. The number of Topliss-reactive ketones (excluding diaryl/α,β-unsaturated/α-hetero) is 2. The molecule has 1 saturated heterocycles. The summed E-state index contributed by atoms with van der Waals surface area (Å²) in [7, 11) is 0. The third-order valence-electron chi connectivity index (χ3n) is 9.39. The number of para-hydroxylation sites is 1. The van der Waals surface area contributed by atoms with Crippen molar-refractivity contribution < 1.29 is 43.7 Å². The molecule has 0 aliphatic carbocycles. The molecule has 57 heavy (non-hydrogen) atoms. The number of likely N-dealkylation sites (tertiary alicyclic amines) is 1. The number of aromatic nitrogens is 1. The fourth-order valence-corrected chi connectivity index (χ4v) is 8.29. The molecule has 13 nitrogen and oxygen atoms in total. The van der Waals surface area contributed by atoms with Crippen molar-refractivity contribution >= 4 is 69.8 Å². The van der Waals surface area contributed by atoms with Crippen molar-refractivity contribution in [2.75, 3.05) is 6.54 Å². The normalized spacial score (nSPS) is 16.7. The van der Waals surface area contributed by atoms with E-state index in [2.05, 4.69) is 15.6 Å². The number of carboxylic acid groups (broad SMARTS) is 1. The van der Waals surface area contributed by atoms with Crippen molar-refractivity contribution in [3.8, 4) is 21.9 Å². The van der Waals surface area contributed by atoms with Crippen LogP contribution in [0.15, 0.2) is 79.0 Å². The van der Waals surface area contributed by atoms with Crippen LogP contribution in [0.5, 0.6) is 11.5 Å². The molecule has 3 amide bonds. The van der Waals surface area contributed by atoms with E-state index >= 15 is 0 Å². The van der Waals surface area contributed by atoms with Crippen LogP contribution >= 0.6 is 34.5 Å². The Morgan fingerprint density at radius 2 is 1.60 bits per heavy atom. The summed E-state index contributed by atoms with van der Waals surface area (Å²) in [6.07, 6.45) is -0.0270. The van der Waals surface area contributed by atoms with E-state index in [-0.39, 0.29) is 42.3 Å². The van der Waals surface area contributed by atoms with Crippen molar-refractivity contribution in [1.29, 1.82) is 0 Å². The first kappa shape index (κ1) is 42.8. The number of phenolic OH excluding ortho intramolecular Hbond substituents is 1. The topological polar surface area (TPSA) is 192 Å². The maximum Gasteiger partial charge on any atom is 0.305 e. The molecule has 3 aromatic carbocycles. The van der Waals surface area contributed by atoms with Gasteiger partial charge in [-0.15, -0.1) is 11.3 Å². The van der Waals surface area contributed by atoms with Crippen LogP contribution in [0.3, 0.4) is 0 Å². The van der Waals surface area contributed by atoms with Crippen molar-refractivity contribution in [3.63, 3.8) is 0 Å². The molecule has 1 aliphatic heterocycles. The molecular weight excluding hydrogens is 795 g/mol. The van der Waals surface area contributed by atoms with Crippen molar-refractivity contribution in [1.82, 2.24) is 20.5 Å². The average molecular weight is 838 g/mol. The van der Waals surface area contributed by atoms with Gasteiger partial charge < -0.3 is 35.3 Å². The number of aliphatic carboxylic acids is 1. The van der Waals surface area contributed by atoms with Crippen LogP contribution in [0.25, 0.3) is 10.4 Å². The van der Waals surface area contributed by atoms with Crippen molar-refractivity contribution in [2.45, 2.75) is 70.7 Å². The smallest absolute Gasteiger partial charge is 0.305 e. The van der Waals surface area contributed by atoms with Gasteiger partial charge in [0.1, 0.15) is 41.5 Å². The number of carboxylic acids is 1. The van der Waals surface area contributed by atoms with Gasteiger partial charge in [-0.3, -0.25) is 24.0 Å². The van der Waals surface area contributed by atoms with E-state index in [0.717, 1.165) is 11.3 Å². The van der Waals surface area contributed by atoms with Gasteiger partial charge in [-0.1, -0.05) is 73.4 Å². The summed E-state index contributed by atoms with van der Waals surface area (Å²) in [4.78, 5) is 86.4. The number of amides is 3. The monoisotopic (exact) mass is 836 g/mol. The Bertz CT molecular complexity index is 2090. The van der Waals surface area contributed by atoms with Gasteiger partial charge >= 0.3 is 5.97 Å². The minimum Gasteiger partial charge on any atom is -0.508 e. The fraction of sp³-hybridized carbons (Fsp3) is 0.341. The van der Waals surface area contributed by atoms with E-state index in [9.17, 15) is 39.0 Å². The summed E-state index contributed by atoms with van der Waals surface area (Å²) >= 11 is 13.6. The van der Waals surface area contributed by atoms with Crippen LogP contribution in [0, 0.1) is 11.8 Å². The number of carbonyl (C=O) groups excluding carboxylic acids is 5. The second kappa shape index (κ2) is 19.2. The lowest BCUT2D eigenvalue weighted by molar-refractivity contribution is -0.143. The number of aromatic hydroxyl groups is 1. The summed E-state index contributed by atoms with van der Waals surface area (Å²) in [5, 5.41) is 25.4. The minimum absolute atomic E-state index is 0.0145. The Morgan fingerprint density at radius 3 is 2.21 bits per heavy atom. The Kier molecular flexibility index (Phi) is 14.4. The van der Waals surface area contributed by atoms with Crippen LogP contribution in [0.2, 0.25) is 10.0 Å². The Balaban J connectivity index is 1.40. The maximum atomic E-state index is 14.5. The Morgan fingerprint density at radius 1 is 0.930 bits per heavy atom. The van der Waals surface area contributed by atoms with Gasteiger partial charge in [0.25, 0.3) is 0 Å². The van der Waals surface area contributed by atoms with Crippen molar-refractivity contribution in [3.05, 3.63) is 99.6 Å². The lowest BCUT2D eigenvalue weighted by Gasteiger charge is -2.31. The molecular formula is C41H42Cl2N4O9S. The largest absolute Gasteiger partial charge is 0.508 e. The second-order valence-electron chi connectivity index (χ2n) is 14.1. The molecule has 16 heteroatoms. The highest BCUT2D eigenvalue weighted by Crippen LogP contribution is 2.38. The maximum absolute atomic E-state index is 14.5. The van der Waals surface area contributed by atoms with E-state index in [0.29, 0.717) is 31.8 Å². The van der Waals surface area contributed by atoms with Crippen molar-refractivity contribution in [2.24, 2.45) is 11.8 Å². The lowest BCUT2D eigenvalue weighted by atomic mass is 9.92. The van der Waals surface area contributed by atoms with Gasteiger partial charge in [0.2, 0.25) is 23.5 Å². The quantitative estimate of drug-likeness (QED) is 0.0919. The number of ketones is 2. The van der Waals surface area contributed by atoms with E-state index in [1.54, 1.807) is 74.5 Å². The van der Waals surface area contributed by atoms with Crippen LogP contribution in [0.1, 0.15) is 55.4 Å². The molecule has 0 bridgehead atoms. The van der Waals surface area contributed by atoms with Gasteiger partial charge in [0.15, 0.2) is 5.01 Å². The molecule has 1 aromatic heterocycles. The molecule has 1 aliphatic rings. The first-order chi connectivity index (χ1) is 27.1. The molecule has 0 radical (unpaired) electrons. The first-order valence-electron chi connectivity index (χ1n) is 18.2. The van der Waals surface area contributed by atoms with E-state index in [4.69, 9.17) is 27.9 Å². The number of rotatable bonds is 17. The number of carbonyl (C=O) groups is 6. The van der Waals surface area contributed by atoms with Crippen LogP contribution in [-0.4, -0.2) is 86.1 Å². The fourth-order valence-electron chi connectivity index (χ4n) is 6.59. The molecule has 5 rings (SSSR count). The van der Waals surface area contributed by atoms with Gasteiger partial charge in [-0.2, -0.15) is 0 Å². The molecule has 2 heterocycles. The molecule has 5 atom stereocenters. The molecule has 0 spiro atoms. The number of phenols is 1. The highest BCUT2D eigenvalue weighted by Gasteiger charge is 2.45. The Hall–Kier alpha value is -5.31. The molecule has 1 fully saturated rings. The second-order valence-corrected chi connectivity index (χ2v) is 16.0. The molecule has 0 unspecified atom stereocenters. The zero-order valence-electron chi connectivity index (χ0n) is 31.3. The summed E-state index contributed by atoms with van der Waals surface area (Å²) in [5.41, 5.74) is 1.14. The third-order valence-corrected chi connectivity index (χ3v) is 11.0. The van der Waals surface area contributed by atoms with Gasteiger partial charge in [0, 0.05) is 30.5 Å². The summed E-state index contributed by atoms with van der Waals surface area (Å²) in [5.74, 6) is -5.09. The number of nitrogens with one attached hydrogen (secondary N) is 2. The van der Waals surface area contributed by atoms with Crippen LogP contribution in [0.4, 0.5) is 0 Å². The number of halogens is 2. The minimum atomic E-state index is -1.56. The highest BCUT2D eigenvalue weighted by molar-refractivity contribution is 7.17. The van der Waals surface area contributed by atoms with Gasteiger partial charge in [0.05, 0.1) is 27.9 Å². The summed E-state index contributed by atoms with van der Waals surface area (Å²) in [6.45, 7) is 4.76. The third kappa shape index (κ3) is 11.2. The lowest BCUT2D eigenvalue weighted by Crippen LogP contribution is -2.57. The number of hydrogen-bond donors (Lipinski definition) is 4. The standard InChI is InChI=1S/C41H42Cl2N4O9S/c1-22(2)36(46-38(53)25(16-23(3)48)17-24-12-14-26(49)15-13-24)41(55)47-21-28(56-27-8-5-4-6-9-27)18-32(47)39(54)45-31(19-34(50)51)37(52)40-44-20-33(57-40)35-29(42)10-7-11-30(35)43/h4-15,20,22,25,28,31-32,36,49H,16-19,21H2,1-3H3,(H,45,54)(H,46,53)(H,50,51)/t25-,28+,31-,32-,36-/m0/s1. The summed E-state index contributed by atoms with van der Waals surface area (Å²) in [6, 6.07) is 16.0. The Labute approximate surface area is 343 Å². The zero-order valence-corrected chi connectivity index (χ0v) is 33.6. The van der Waals surface area contributed by atoms with E-state index in [1.165, 1.54) is 30.2 Å². The molecule has 4 aromatic rings. The summed E-state index contributed by atoms with van der Waals surface area (Å²) < 4.78 is 6.16. The SMILES string of the molecule is CC(=O)C[C@@H](Cc1ccc(O)cc1)C(=O)N[C@H](C(=O)N1C[C@H](Oc2ccccc2)C[C@H]1C(=O)N[C@@H](CC(=O)O)C(=O)c1ncc(-c2c(Cl)cccc2Cl)s1)C(C)C. The predicted octanol–water partition coefficient (Wildman–Crippen LogP) is 5.99. The van der Waals surface area contributed by atoms with Gasteiger partial charge in [-0.05, 0) is 61.2 Å². The van der Waals surface area contributed by atoms with E-state index < -0.39 is 72.0 Å². The zero-order chi connectivity index (χ0) is 41.4. The first-order valence-corrected chi connectivity index (χ1v) is 19.7. The number of ether oxygens (including phenoxy) is 1. The predicted molar refractivity (Wildman–Crippen MR) is 214 cm³/mol. The van der Waals surface area contributed by atoms with Gasteiger partial charge in [-0.25, -0.2) is 4.98 Å². The van der Waals surface area contributed by atoms with Crippen LogP contribution in [-0.2, 0) is 30.4 Å². The average Bonchev–Trinajstić information content (AvgIpc) is 3.81. The number of hydrogen-bond acceptors (Lipinski definition) is 10. The molecule has 300 valence electrons. The molecule has 4 N–H and O–H groups in total.